The molecule has 12 heteroatoms. The number of furan rings is 1. The SMILES string of the molecule is COC(=O)[C@@H]1C=C(OC(=O)c2cnco2)C(=O)[C@H]2[C@@]1(N)CC[C@H]1C(=O)O[C@H](c3ccoc3)C[C@]21N. The molecule has 35 heavy (non-hydrogen) atoms. The molecule has 2 aromatic rings. The number of oxazole rings is 1. The van der Waals surface area contributed by atoms with Crippen molar-refractivity contribution in [1.29, 1.82) is 0 Å². The van der Waals surface area contributed by atoms with Gasteiger partial charge in [-0.05, 0) is 25.0 Å². The average molecular weight is 485 g/mol. The van der Waals surface area contributed by atoms with Crippen molar-refractivity contribution in [1.82, 2.24) is 4.98 Å². The second-order valence-electron chi connectivity index (χ2n) is 9.09. The number of hydrogen-bond acceptors (Lipinski definition) is 12. The molecular formula is C23H23N3O9. The number of nitrogens with zero attached hydrogens (tertiary/aromatic N) is 1. The van der Waals surface area contributed by atoms with Crippen molar-refractivity contribution in [3.8, 4) is 0 Å². The van der Waals surface area contributed by atoms with Crippen LogP contribution in [0, 0.1) is 17.8 Å². The van der Waals surface area contributed by atoms with E-state index in [1.165, 1.54) is 25.7 Å². The van der Waals surface area contributed by atoms with Crippen LogP contribution in [0.4, 0.5) is 0 Å². The van der Waals surface area contributed by atoms with E-state index in [9.17, 15) is 19.2 Å². The summed E-state index contributed by atoms with van der Waals surface area (Å²) in [7, 11) is 1.18. The molecule has 0 unspecified atom stereocenters. The van der Waals surface area contributed by atoms with Gasteiger partial charge in [0.25, 0.3) is 0 Å². The van der Waals surface area contributed by atoms with Crippen LogP contribution in [0.2, 0.25) is 0 Å². The van der Waals surface area contributed by atoms with E-state index in [-0.39, 0.29) is 25.0 Å². The number of cyclic esters (lactones) is 1. The van der Waals surface area contributed by atoms with Crippen molar-refractivity contribution >= 4 is 23.7 Å². The topological polar surface area (TPSA) is 187 Å². The highest BCUT2D eigenvalue weighted by Crippen LogP contribution is 2.55. The number of ketones is 1. The van der Waals surface area contributed by atoms with Crippen LogP contribution in [0.15, 0.2) is 51.9 Å². The first-order valence-electron chi connectivity index (χ1n) is 10.9. The summed E-state index contributed by atoms with van der Waals surface area (Å²) in [5.74, 6) is -6.98. The molecule has 2 fully saturated rings. The van der Waals surface area contributed by atoms with Gasteiger partial charge in [-0.2, -0.15) is 0 Å². The number of esters is 3. The van der Waals surface area contributed by atoms with Crippen LogP contribution in [0.3, 0.4) is 0 Å². The summed E-state index contributed by atoms with van der Waals surface area (Å²) in [5.41, 5.74) is 11.2. The number of fused-ring (bicyclic) bond motifs is 3. The molecule has 3 aliphatic rings. The van der Waals surface area contributed by atoms with Crippen LogP contribution in [0.25, 0.3) is 0 Å². The van der Waals surface area contributed by atoms with Crippen molar-refractivity contribution in [2.75, 3.05) is 7.11 Å². The van der Waals surface area contributed by atoms with Crippen molar-refractivity contribution in [2.45, 2.75) is 36.4 Å². The summed E-state index contributed by atoms with van der Waals surface area (Å²) in [5, 5.41) is 0. The molecule has 0 spiro atoms. The Balaban J connectivity index is 1.58. The fourth-order valence-electron chi connectivity index (χ4n) is 5.66. The smallest absolute Gasteiger partial charge is 0.381 e. The minimum absolute atomic E-state index is 0.0372. The van der Waals surface area contributed by atoms with E-state index in [1.807, 2.05) is 0 Å². The van der Waals surface area contributed by atoms with Gasteiger partial charge >= 0.3 is 17.9 Å². The van der Waals surface area contributed by atoms with Gasteiger partial charge in [-0.3, -0.25) is 14.4 Å². The lowest BCUT2D eigenvalue weighted by molar-refractivity contribution is -0.179. The van der Waals surface area contributed by atoms with Gasteiger partial charge in [0.2, 0.25) is 11.5 Å². The molecule has 184 valence electrons. The zero-order valence-corrected chi connectivity index (χ0v) is 18.7. The van der Waals surface area contributed by atoms with Gasteiger partial charge in [0.1, 0.15) is 6.10 Å². The second kappa shape index (κ2) is 8.17. The van der Waals surface area contributed by atoms with Crippen LogP contribution < -0.4 is 11.5 Å². The first-order chi connectivity index (χ1) is 16.7. The summed E-state index contributed by atoms with van der Waals surface area (Å²) in [6.45, 7) is 0. The Morgan fingerprint density at radius 2 is 2.03 bits per heavy atom. The van der Waals surface area contributed by atoms with Gasteiger partial charge < -0.3 is 34.5 Å². The number of carbonyl (C=O) groups excluding carboxylic acids is 4. The predicted molar refractivity (Wildman–Crippen MR) is 113 cm³/mol. The Morgan fingerprint density at radius 3 is 2.69 bits per heavy atom. The number of Topliss-reactive ketones (excluding diaryl/α,β-unsaturated/α-hetero) is 1. The minimum Gasteiger partial charge on any atom is -0.472 e. The van der Waals surface area contributed by atoms with E-state index in [1.54, 1.807) is 6.07 Å². The summed E-state index contributed by atoms with van der Waals surface area (Å²) in [6, 6.07) is 1.63. The largest absolute Gasteiger partial charge is 0.472 e. The highest BCUT2D eigenvalue weighted by Gasteiger charge is 2.67. The predicted octanol–water partition coefficient (Wildman–Crippen LogP) is 0.790. The van der Waals surface area contributed by atoms with Crippen LogP contribution in [0.5, 0.6) is 0 Å². The Hall–Kier alpha value is -3.77. The molecule has 0 aromatic carbocycles. The first-order valence-corrected chi connectivity index (χ1v) is 10.9. The Labute approximate surface area is 198 Å². The number of rotatable bonds is 4. The van der Waals surface area contributed by atoms with Crippen LogP contribution in [0.1, 0.15) is 41.5 Å². The number of ether oxygens (including phenoxy) is 3. The molecular weight excluding hydrogens is 462 g/mol. The molecule has 5 rings (SSSR count). The molecule has 4 N–H and O–H groups in total. The van der Waals surface area contributed by atoms with E-state index in [4.69, 9.17) is 34.5 Å². The highest BCUT2D eigenvalue weighted by molar-refractivity contribution is 6.04. The fraction of sp³-hybridized carbons (Fsp3) is 0.435. The summed E-state index contributed by atoms with van der Waals surface area (Å²) < 4.78 is 25.9. The molecule has 2 aromatic heterocycles. The van der Waals surface area contributed by atoms with Gasteiger partial charge in [-0.1, -0.05) is 0 Å². The van der Waals surface area contributed by atoms with Crippen LogP contribution in [-0.2, 0) is 28.6 Å². The standard InChI is InChI=1S/C23H23N3O9/c1-31-19(28)13-6-14(34-21(30)16-8-26-10-33-16)17(27)18-22(13,24)4-2-12-20(29)35-15(7-23(12,18)25)11-3-5-32-9-11/h3,5-6,8-10,12-13,15,18H,2,4,7,24-25H2,1H3/t12-,13-,15-,18-,22+,23+/m0/s1. The van der Waals surface area contributed by atoms with Gasteiger partial charge in [0.05, 0.1) is 43.6 Å². The maximum Gasteiger partial charge on any atom is 0.381 e. The zero-order chi connectivity index (χ0) is 25.0. The third-order valence-electron chi connectivity index (χ3n) is 7.28. The average Bonchev–Trinajstić information content (AvgIpc) is 3.54. The summed E-state index contributed by atoms with van der Waals surface area (Å²) in [4.78, 5) is 55.8. The van der Waals surface area contributed by atoms with Crippen molar-refractivity contribution in [2.24, 2.45) is 29.2 Å². The van der Waals surface area contributed by atoms with Gasteiger partial charge in [-0.25, -0.2) is 9.78 Å². The van der Waals surface area contributed by atoms with E-state index in [2.05, 4.69) is 4.98 Å². The monoisotopic (exact) mass is 485 g/mol. The molecule has 3 heterocycles. The lowest BCUT2D eigenvalue weighted by Crippen LogP contribution is -2.76. The summed E-state index contributed by atoms with van der Waals surface area (Å²) >= 11 is 0. The van der Waals surface area contributed by atoms with Crippen molar-refractivity contribution < 1.29 is 42.2 Å². The maximum atomic E-state index is 13.8. The van der Waals surface area contributed by atoms with Gasteiger partial charge in [0, 0.05) is 23.1 Å². The minimum atomic E-state index is -1.51. The third kappa shape index (κ3) is 3.48. The maximum absolute atomic E-state index is 13.8. The van der Waals surface area contributed by atoms with Crippen molar-refractivity contribution in [3.05, 3.63) is 54.3 Å². The lowest BCUT2D eigenvalue weighted by Gasteiger charge is -2.58. The molecule has 2 aliphatic carbocycles. The highest BCUT2D eigenvalue weighted by atomic mass is 16.6. The molecule has 12 nitrogen and oxygen atoms in total. The molecule has 1 saturated heterocycles. The second-order valence-corrected chi connectivity index (χ2v) is 9.09. The number of aromatic nitrogens is 1. The zero-order valence-electron chi connectivity index (χ0n) is 18.7. The number of methoxy groups -OCH3 is 1. The summed E-state index contributed by atoms with van der Waals surface area (Å²) in [6.07, 6.45) is 5.72. The van der Waals surface area contributed by atoms with E-state index >= 15 is 0 Å². The van der Waals surface area contributed by atoms with Crippen molar-refractivity contribution in [3.63, 3.8) is 0 Å². The Bertz CT molecular complexity index is 1200. The normalized spacial score (nSPS) is 34.2. The van der Waals surface area contributed by atoms with E-state index in [0.717, 1.165) is 12.6 Å². The van der Waals surface area contributed by atoms with Crippen LogP contribution in [-0.4, -0.2) is 46.9 Å². The lowest BCUT2D eigenvalue weighted by atomic mass is 9.50. The van der Waals surface area contributed by atoms with Crippen LogP contribution >= 0.6 is 0 Å². The molecule has 1 saturated carbocycles. The Kier molecular flexibility index (Phi) is 5.37. The molecule has 6 atom stereocenters. The molecule has 0 radical (unpaired) electrons. The van der Waals surface area contributed by atoms with Gasteiger partial charge in [0.15, 0.2) is 12.2 Å². The number of allylic oxidation sites excluding steroid dienone is 1. The molecule has 1 aliphatic heterocycles. The molecule has 0 bridgehead atoms. The Morgan fingerprint density at radius 1 is 1.23 bits per heavy atom. The number of hydrogen-bond donors (Lipinski definition) is 2. The third-order valence-corrected chi connectivity index (χ3v) is 7.28. The fourth-order valence-corrected chi connectivity index (χ4v) is 5.66. The quantitative estimate of drug-likeness (QED) is 0.458. The number of nitrogens with two attached hydrogens (primary N) is 2. The molecule has 0 amide bonds. The van der Waals surface area contributed by atoms with E-state index in [0.29, 0.717) is 5.56 Å². The van der Waals surface area contributed by atoms with Gasteiger partial charge in [-0.15, -0.1) is 0 Å². The number of carbonyl (C=O) groups is 4. The van der Waals surface area contributed by atoms with E-state index < -0.39 is 64.4 Å². The first kappa shape index (κ1) is 23.0.